The van der Waals surface area contributed by atoms with Crippen molar-refractivity contribution in [3.8, 4) is 5.75 Å². The fraction of sp³-hybridized carbons (Fsp3) is 0.240. The number of benzene rings is 2. The van der Waals surface area contributed by atoms with E-state index < -0.39 is 0 Å². The molecule has 1 amide bonds. The molecular weight excluding hydrogens is 388 g/mol. The first-order valence-electron chi connectivity index (χ1n) is 10.6. The minimum atomic E-state index is -0.162. The molecule has 0 saturated heterocycles. The average Bonchev–Trinajstić information content (AvgIpc) is 3.18. The lowest BCUT2D eigenvalue weighted by Crippen LogP contribution is -2.25. The summed E-state index contributed by atoms with van der Waals surface area (Å²) in [4.78, 5) is 21.1. The number of rotatable bonds is 9. The van der Waals surface area contributed by atoms with E-state index in [4.69, 9.17) is 9.72 Å². The summed E-state index contributed by atoms with van der Waals surface area (Å²) in [5.74, 6) is 1.55. The molecule has 0 atom stereocenters. The van der Waals surface area contributed by atoms with Crippen molar-refractivity contribution in [3.63, 3.8) is 0 Å². The minimum Gasteiger partial charge on any atom is -0.494 e. The lowest BCUT2D eigenvalue weighted by atomic mass is 10.2. The van der Waals surface area contributed by atoms with Gasteiger partial charge in [0.1, 0.15) is 11.6 Å². The summed E-state index contributed by atoms with van der Waals surface area (Å²) in [6, 6.07) is 19.8. The van der Waals surface area contributed by atoms with Crippen LogP contribution in [-0.4, -0.2) is 27.0 Å². The molecule has 0 unspecified atom stereocenters. The number of carbonyl (C=O) groups is 1. The van der Waals surface area contributed by atoms with Crippen LogP contribution in [0.3, 0.4) is 0 Å². The van der Waals surface area contributed by atoms with Gasteiger partial charge in [-0.25, -0.2) is 4.98 Å². The smallest absolute Gasteiger partial charge is 0.253 e. The second-order valence-corrected chi connectivity index (χ2v) is 7.29. The average molecular weight is 415 g/mol. The van der Waals surface area contributed by atoms with Gasteiger partial charge in [0.05, 0.1) is 29.7 Å². The molecule has 0 fully saturated rings. The van der Waals surface area contributed by atoms with Crippen LogP contribution >= 0.6 is 0 Å². The molecule has 0 aliphatic rings. The van der Waals surface area contributed by atoms with E-state index in [-0.39, 0.29) is 5.91 Å². The Morgan fingerprint density at radius 1 is 1.06 bits per heavy atom. The lowest BCUT2D eigenvalue weighted by molar-refractivity contribution is 0.0949. The van der Waals surface area contributed by atoms with Gasteiger partial charge < -0.3 is 14.6 Å². The molecule has 0 spiro atoms. The fourth-order valence-electron chi connectivity index (χ4n) is 3.50. The topological polar surface area (TPSA) is 69.0 Å². The number of para-hydroxylation sites is 2. The zero-order valence-electron chi connectivity index (χ0n) is 17.6. The van der Waals surface area contributed by atoms with Crippen molar-refractivity contribution in [2.24, 2.45) is 0 Å². The Morgan fingerprint density at radius 2 is 1.90 bits per heavy atom. The van der Waals surface area contributed by atoms with Crippen molar-refractivity contribution in [2.75, 3.05) is 6.61 Å². The van der Waals surface area contributed by atoms with Crippen LogP contribution in [0.4, 0.5) is 0 Å². The number of aromatic nitrogens is 3. The van der Waals surface area contributed by atoms with Gasteiger partial charge in [0.2, 0.25) is 0 Å². The summed E-state index contributed by atoms with van der Waals surface area (Å²) >= 11 is 0. The number of amides is 1. The molecule has 0 bridgehead atoms. The van der Waals surface area contributed by atoms with Crippen molar-refractivity contribution >= 4 is 16.9 Å². The Kier molecular flexibility index (Phi) is 6.57. The second-order valence-electron chi connectivity index (χ2n) is 7.29. The maximum atomic E-state index is 12.4. The third-order valence-electron chi connectivity index (χ3n) is 5.19. The number of carbonyl (C=O) groups excluding carboxylic acids is 1. The summed E-state index contributed by atoms with van der Waals surface area (Å²) in [6.07, 6.45) is 5.06. The number of aryl methyl sites for hydroxylation is 2. The Hall–Kier alpha value is -3.67. The van der Waals surface area contributed by atoms with Crippen molar-refractivity contribution in [2.45, 2.75) is 32.9 Å². The van der Waals surface area contributed by atoms with Crippen molar-refractivity contribution < 1.29 is 9.53 Å². The molecule has 4 rings (SSSR count). The number of nitrogens with zero attached hydrogens (tertiary/aromatic N) is 3. The van der Waals surface area contributed by atoms with Gasteiger partial charge in [0, 0.05) is 18.9 Å². The summed E-state index contributed by atoms with van der Waals surface area (Å²) in [6.45, 7) is 3.86. The van der Waals surface area contributed by atoms with Gasteiger partial charge in [-0.05, 0) is 54.8 Å². The highest BCUT2D eigenvalue weighted by Crippen LogP contribution is 2.18. The van der Waals surface area contributed by atoms with Crippen LogP contribution < -0.4 is 10.1 Å². The molecule has 0 radical (unpaired) electrons. The van der Waals surface area contributed by atoms with Crippen molar-refractivity contribution in [3.05, 3.63) is 90.0 Å². The van der Waals surface area contributed by atoms with E-state index in [0.717, 1.165) is 42.0 Å². The van der Waals surface area contributed by atoms with E-state index in [1.54, 1.807) is 24.5 Å². The highest BCUT2D eigenvalue weighted by atomic mass is 16.5. The molecular formula is C25H26N4O2. The van der Waals surface area contributed by atoms with Gasteiger partial charge >= 0.3 is 0 Å². The zero-order valence-corrected chi connectivity index (χ0v) is 17.6. The molecule has 1 N–H and O–H groups in total. The molecule has 6 heteroatoms. The van der Waals surface area contributed by atoms with E-state index in [9.17, 15) is 4.79 Å². The third kappa shape index (κ3) is 5.09. The molecule has 0 aliphatic carbocycles. The number of pyridine rings is 1. The molecule has 2 heterocycles. The summed E-state index contributed by atoms with van der Waals surface area (Å²) < 4.78 is 8.06. The highest BCUT2D eigenvalue weighted by molar-refractivity contribution is 5.93. The highest BCUT2D eigenvalue weighted by Gasteiger charge is 2.12. The fourth-order valence-corrected chi connectivity index (χ4v) is 3.50. The lowest BCUT2D eigenvalue weighted by Gasteiger charge is -2.11. The maximum absolute atomic E-state index is 12.4. The largest absolute Gasteiger partial charge is 0.494 e. The van der Waals surface area contributed by atoms with E-state index >= 15 is 0 Å². The predicted octanol–water partition coefficient (Wildman–Crippen LogP) is 4.39. The number of hydrogen-bond acceptors (Lipinski definition) is 4. The van der Waals surface area contributed by atoms with Crippen LogP contribution in [-0.2, 0) is 19.5 Å². The van der Waals surface area contributed by atoms with Crippen LogP contribution in [0.15, 0.2) is 73.1 Å². The van der Waals surface area contributed by atoms with Crippen LogP contribution in [0, 0.1) is 0 Å². The molecule has 2 aromatic heterocycles. The number of ether oxygens (including phenoxy) is 1. The molecule has 31 heavy (non-hydrogen) atoms. The molecule has 2 aromatic carbocycles. The molecule has 0 aliphatic heterocycles. The first kappa shape index (κ1) is 20.6. The van der Waals surface area contributed by atoms with Gasteiger partial charge in [-0.3, -0.25) is 9.78 Å². The molecule has 6 nitrogen and oxygen atoms in total. The second kappa shape index (κ2) is 9.89. The molecule has 4 aromatic rings. The number of hydrogen-bond donors (Lipinski definition) is 1. The van der Waals surface area contributed by atoms with E-state index in [1.807, 2.05) is 30.3 Å². The number of imidazole rings is 1. The van der Waals surface area contributed by atoms with Crippen LogP contribution in [0.25, 0.3) is 11.0 Å². The predicted molar refractivity (Wildman–Crippen MR) is 121 cm³/mol. The molecule has 158 valence electrons. The number of fused-ring (bicyclic) bond motifs is 1. The van der Waals surface area contributed by atoms with Gasteiger partial charge in [-0.15, -0.1) is 0 Å². The van der Waals surface area contributed by atoms with Gasteiger partial charge in [-0.2, -0.15) is 0 Å². The van der Waals surface area contributed by atoms with Gasteiger partial charge in [0.15, 0.2) is 0 Å². The van der Waals surface area contributed by atoms with Crippen LogP contribution in [0.5, 0.6) is 5.75 Å². The van der Waals surface area contributed by atoms with Gasteiger partial charge in [0.25, 0.3) is 5.91 Å². The number of nitrogens with one attached hydrogen (secondary N) is 1. The van der Waals surface area contributed by atoms with E-state index in [2.05, 4.69) is 40.0 Å². The van der Waals surface area contributed by atoms with Crippen molar-refractivity contribution in [1.29, 1.82) is 0 Å². The standard InChI is InChI=1S/C25H26N4O2/c1-2-19-10-12-21(13-11-19)31-16-6-15-29-23-9-4-3-8-22(23)28-24(29)18-27-25(30)20-7-5-14-26-17-20/h3-5,7-14,17H,2,6,15-16,18H2,1H3,(H,27,30). The monoisotopic (exact) mass is 414 g/mol. The first-order chi connectivity index (χ1) is 15.2. The minimum absolute atomic E-state index is 0.162. The molecule has 0 saturated carbocycles. The van der Waals surface area contributed by atoms with Crippen LogP contribution in [0.2, 0.25) is 0 Å². The summed E-state index contributed by atoms with van der Waals surface area (Å²) in [7, 11) is 0. The van der Waals surface area contributed by atoms with E-state index in [0.29, 0.717) is 18.7 Å². The quantitative estimate of drug-likeness (QED) is 0.412. The van der Waals surface area contributed by atoms with E-state index in [1.165, 1.54) is 5.56 Å². The van der Waals surface area contributed by atoms with Gasteiger partial charge in [-0.1, -0.05) is 31.2 Å². The first-order valence-corrected chi connectivity index (χ1v) is 10.6. The Balaban J connectivity index is 1.40. The SMILES string of the molecule is CCc1ccc(OCCCn2c(CNC(=O)c3cccnc3)nc3ccccc32)cc1. The third-order valence-corrected chi connectivity index (χ3v) is 5.19. The maximum Gasteiger partial charge on any atom is 0.253 e. The zero-order chi connectivity index (χ0) is 21.5. The Morgan fingerprint density at radius 3 is 2.68 bits per heavy atom. The Labute approximate surface area is 181 Å². The Bertz CT molecular complexity index is 1140. The summed E-state index contributed by atoms with van der Waals surface area (Å²) in [5.41, 5.74) is 3.81. The van der Waals surface area contributed by atoms with Crippen LogP contribution in [0.1, 0.15) is 35.1 Å². The summed E-state index contributed by atoms with van der Waals surface area (Å²) in [5, 5.41) is 2.95. The normalized spacial score (nSPS) is 10.9. The van der Waals surface area contributed by atoms with Crippen molar-refractivity contribution in [1.82, 2.24) is 19.9 Å².